The van der Waals surface area contributed by atoms with Gasteiger partial charge in [-0.1, -0.05) is 17.7 Å². The maximum absolute atomic E-state index is 9.41. The first-order valence-electron chi connectivity index (χ1n) is 5.76. The first-order chi connectivity index (χ1) is 9.20. The minimum Gasteiger partial charge on any atom is -0.508 e. The Balaban J connectivity index is 1.78. The number of pyridine rings is 1. The molecule has 0 saturated heterocycles. The second kappa shape index (κ2) is 5.15. The molecule has 3 rings (SSSR count). The molecule has 5 heteroatoms. The quantitative estimate of drug-likeness (QED) is 0.741. The maximum Gasteiger partial charge on any atom is 0.137 e. The zero-order chi connectivity index (χ0) is 13.2. The summed E-state index contributed by atoms with van der Waals surface area (Å²) in [5.41, 5.74) is 1.87. The van der Waals surface area contributed by atoms with Crippen LogP contribution in [-0.2, 0) is 5.75 Å². The van der Waals surface area contributed by atoms with Gasteiger partial charge in [0.05, 0.1) is 10.7 Å². The Labute approximate surface area is 119 Å². The lowest BCUT2D eigenvalue weighted by Gasteiger charge is -1.99. The van der Waals surface area contributed by atoms with E-state index in [2.05, 4.69) is 4.98 Å². The molecular formula is C14H11ClN2OS. The molecule has 0 saturated carbocycles. The van der Waals surface area contributed by atoms with Gasteiger partial charge in [-0.25, -0.2) is 4.98 Å². The Morgan fingerprint density at radius 1 is 1.21 bits per heavy atom. The van der Waals surface area contributed by atoms with Gasteiger partial charge in [0.15, 0.2) is 0 Å². The molecule has 0 aliphatic heterocycles. The van der Waals surface area contributed by atoms with Crippen LogP contribution in [0.3, 0.4) is 0 Å². The van der Waals surface area contributed by atoms with Crippen molar-refractivity contribution < 1.29 is 5.11 Å². The number of nitrogens with zero attached hydrogens (tertiary/aromatic N) is 2. The Hall–Kier alpha value is -1.65. The average molecular weight is 291 g/mol. The van der Waals surface area contributed by atoms with Crippen LogP contribution in [0.4, 0.5) is 0 Å². The number of phenols is 1. The Morgan fingerprint density at radius 3 is 2.95 bits per heavy atom. The lowest BCUT2D eigenvalue weighted by atomic mass is 10.3. The van der Waals surface area contributed by atoms with Crippen molar-refractivity contribution in [2.45, 2.75) is 10.6 Å². The fourth-order valence-corrected chi connectivity index (χ4v) is 2.82. The number of hydrogen-bond acceptors (Lipinski definition) is 3. The topological polar surface area (TPSA) is 37.5 Å². The van der Waals surface area contributed by atoms with Crippen molar-refractivity contribution in [1.29, 1.82) is 0 Å². The van der Waals surface area contributed by atoms with Crippen LogP contribution >= 0.6 is 23.4 Å². The van der Waals surface area contributed by atoms with E-state index < -0.39 is 0 Å². The second-order valence-corrected chi connectivity index (χ2v) is 5.62. The molecule has 3 aromatic rings. The normalized spacial score (nSPS) is 11.0. The van der Waals surface area contributed by atoms with Crippen LogP contribution in [-0.4, -0.2) is 14.5 Å². The van der Waals surface area contributed by atoms with E-state index in [1.165, 1.54) is 0 Å². The van der Waals surface area contributed by atoms with E-state index in [1.54, 1.807) is 23.9 Å². The van der Waals surface area contributed by atoms with Crippen LogP contribution in [0.1, 0.15) is 5.69 Å². The molecule has 19 heavy (non-hydrogen) atoms. The van der Waals surface area contributed by atoms with Crippen LogP contribution in [0.25, 0.3) is 5.65 Å². The third-order valence-electron chi connectivity index (χ3n) is 2.67. The molecule has 0 fully saturated rings. The maximum atomic E-state index is 9.41. The number of aromatic nitrogens is 2. The highest BCUT2D eigenvalue weighted by molar-refractivity contribution is 7.98. The molecule has 96 valence electrons. The molecule has 0 aliphatic rings. The standard InChI is InChI=1S/C14H11ClN2OS/c15-10-4-5-14-16-11(8-17(14)7-10)9-19-13-3-1-2-12(18)6-13/h1-8,18H,9H2. The predicted molar refractivity (Wildman–Crippen MR) is 77.9 cm³/mol. The molecule has 0 spiro atoms. The number of phenolic OH excluding ortho intramolecular Hbond substituents is 1. The van der Waals surface area contributed by atoms with Gasteiger partial charge in [0.2, 0.25) is 0 Å². The molecule has 0 aliphatic carbocycles. The fraction of sp³-hybridized carbons (Fsp3) is 0.0714. The first-order valence-corrected chi connectivity index (χ1v) is 7.12. The van der Waals surface area contributed by atoms with Gasteiger partial charge in [0, 0.05) is 23.0 Å². The molecule has 1 aromatic carbocycles. The van der Waals surface area contributed by atoms with Gasteiger partial charge in [-0.2, -0.15) is 0 Å². The van der Waals surface area contributed by atoms with E-state index in [1.807, 2.05) is 41.1 Å². The van der Waals surface area contributed by atoms with Crippen LogP contribution in [0.15, 0.2) is 53.7 Å². The van der Waals surface area contributed by atoms with E-state index in [-0.39, 0.29) is 5.75 Å². The van der Waals surface area contributed by atoms with Crippen molar-refractivity contribution in [3.05, 3.63) is 59.5 Å². The van der Waals surface area contributed by atoms with Gasteiger partial charge in [0.25, 0.3) is 0 Å². The molecular weight excluding hydrogens is 280 g/mol. The van der Waals surface area contributed by atoms with Gasteiger partial charge in [-0.05, 0) is 30.3 Å². The number of halogens is 1. The number of rotatable bonds is 3. The zero-order valence-electron chi connectivity index (χ0n) is 9.95. The highest BCUT2D eigenvalue weighted by Gasteiger charge is 2.03. The van der Waals surface area contributed by atoms with Gasteiger partial charge >= 0.3 is 0 Å². The number of thioether (sulfide) groups is 1. The number of imidazole rings is 1. The third-order valence-corrected chi connectivity index (χ3v) is 3.92. The minimum atomic E-state index is 0.284. The van der Waals surface area contributed by atoms with Crippen LogP contribution in [0, 0.1) is 0 Å². The molecule has 0 atom stereocenters. The Kier molecular flexibility index (Phi) is 3.36. The van der Waals surface area contributed by atoms with E-state index in [4.69, 9.17) is 11.6 Å². The summed E-state index contributed by atoms with van der Waals surface area (Å²) in [6.45, 7) is 0. The zero-order valence-corrected chi connectivity index (χ0v) is 11.5. The highest BCUT2D eigenvalue weighted by atomic mass is 35.5. The number of benzene rings is 1. The van der Waals surface area contributed by atoms with Crippen LogP contribution in [0.5, 0.6) is 5.75 Å². The van der Waals surface area contributed by atoms with Crippen molar-refractivity contribution in [1.82, 2.24) is 9.38 Å². The molecule has 2 heterocycles. The van der Waals surface area contributed by atoms with Crippen molar-refractivity contribution in [3.8, 4) is 5.75 Å². The first kappa shape index (κ1) is 12.4. The summed E-state index contributed by atoms with van der Waals surface area (Å²) in [6.07, 6.45) is 3.81. The van der Waals surface area contributed by atoms with Crippen molar-refractivity contribution >= 4 is 29.0 Å². The summed E-state index contributed by atoms with van der Waals surface area (Å²) in [7, 11) is 0. The Morgan fingerprint density at radius 2 is 2.11 bits per heavy atom. The predicted octanol–water partition coefficient (Wildman–Crippen LogP) is 3.99. The van der Waals surface area contributed by atoms with Crippen molar-refractivity contribution in [3.63, 3.8) is 0 Å². The van der Waals surface area contributed by atoms with E-state index in [0.717, 1.165) is 22.0 Å². The molecule has 0 radical (unpaired) electrons. The van der Waals surface area contributed by atoms with Crippen LogP contribution in [0.2, 0.25) is 5.02 Å². The van der Waals surface area contributed by atoms with Gasteiger partial charge in [-0.3, -0.25) is 0 Å². The summed E-state index contributed by atoms with van der Waals surface area (Å²) < 4.78 is 1.92. The minimum absolute atomic E-state index is 0.284. The summed E-state index contributed by atoms with van der Waals surface area (Å²) in [5, 5.41) is 10.1. The van der Waals surface area contributed by atoms with Crippen molar-refractivity contribution in [2.75, 3.05) is 0 Å². The van der Waals surface area contributed by atoms with E-state index >= 15 is 0 Å². The summed E-state index contributed by atoms with van der Waals surface area (Å²) in [4.78, 5) is 5.54. The number of fused-ring (bicyclic) bond motifs is 1. The van der Waals surface area contributed by atoms with E-state index in [9.17, 15) is 5.11 Å². The molecule has 3 nitrogen and oxygen atoms in total. The van der Waals surface area contributed by atoms with Crippen molar-refractivity contribution in [2.24, 2.45) is 0 Å². The summed E-state index contributed by atoms with van der Waals surface area (Å²) in [6, 6.07) is 10.9. The molecule has 0 bridgehead atoms. The number of hydrogen-bond donors (Lipinski definition) is 1. The summed E-state index contributed by atoms with van der Waals surface area (Å²) >= 11 is 7.58. The number of aromatic hydroxyl groups is 1. The average Bonchev–Trinajstić information content (AvgIpc) is 2.78. The lowest BCUT2D eigenvalue weighted by Crippen LogP contribution is -1.79. The SMILES string of the molecule is Oc1cccc(SCc2cn3cc(Cl)ccc3n2)c1. The van der Waals surface area contributed by atoms with Gasteiger partial charge < -0.3 is 9.51 Å². The molecule has 2 aromatic heterocycles. The highest BCUT2D eigenvalue weighted by Crippen LogP contribution is 2.25. The van der Waals surface area contributed by atoms with Crippen LogP contribution < -0.4 is 0 Å². The van der Waals surface area contributed by atoms with Gasteiger partial charge in [0.1, 0.15) is 11.4 Å². The second-order valence-electron chi connectivity index (χ2n) is 4.13. The lowest BCUT2D eigenvalue weighted by molar-refractivity contribution is 0.474. The monoisotopic (exact) mass is 290 g/mol. The molecule has 0 unspecified atom stereocenters. The third kappa shape index (κ3) is 2.85. The largest absolute Gasteiger partial charge is 0.508 e. The van der Waals surface area contributed by atoms with Gasteiger partial charge in [-0.15, -0.1) is 11.8 Å². The Bertz CT molecular complexity index is 726. The fourth-order valence-electron chi connectivity index (χ4n) is 1.82. The van der Waals surface area contributed by atoms with E-state index in [0.29, 0.717) is 5.02 Å². The smallest absolute Gasteiger partial charge is 0.137 e. The summed E-state index contributed by atoms with van der Waals surface area (Å²) in [5.74, 6) is 1.04. The molecule has 0 amide bonds. The molecule has 1 N–H and O–H groups in total.